The zero-order valence-electron chi connectivity index (χ0n) is 20.3. The normalized spacial score (nSPS) is 15.5. The molecule has 2 nitrogen and oxygen atoms in total. The molecule has 0 amide bonds. The molecule has 0 aromatic heterocycles. The van der Waals surface area contributed by atoms with Crippen LogP contribution in [0.4, 0.5) is 22.0 Å². The van der Waals surface area contributed by atoms with E-state index in [1.54, 1.807) is 48.5 Å². The fourth-order valence-corrected chi connectivity index (χ4v) is 4.25. The lowest BCUT2D eigenvalue weighted by molar-refractivity contribution is -0.236. The third-order valence-electron chi connectivity index (χ3n) is 4.54. The summed E-state index contributed by atoms with van der Waals surface area (Å²) in [6.07, 6.45) is -6.50. The molecular weight excluding hydrogens is 471 g/mol. The van der Waals surface area contributed by atoms with Crippen LogP contribution in [0.15, 0.2) is 53.4 Å². The lowest BCUT2D eigenvalue weighted by atomic mass is 9.96. The molecule has 0 heterocycles. The molecule has 0 aliphatic rings. The van der Waals surface area contributed by atoms with E-state index in [0.29, 0.717) is 15.9 Å². The average molecular weight is 505 g/mol. The van der Waals surface area contributed by atoms with Gasteiger partial charge in [-0.1, -0.05) is 64.1 Å². The standard InChI is InChI=1S/C21H21F5O2S.C5H12/c1-15(27)13-29(2,28)19-9-7-18(8-10-19)17-5-3-16(4-6-17)11-12-20(23,14-22)21(24,25)26;1-5(2,3)4/h3-10H,2,11-14H2,1H3;1-4H3. The highest BCUT2D eigenvalue weighted by atomic mass is 32.2. The highest BCUT2D eigenvalue weighted by molar-refractivity contribution is 8.01. The predicted molar refractivity (Wildman–Crippen MR) is 130 cm³/mol. The van der Waals surface area contributed by atoms with Crippen molar-refractivity contribution < 1.29 is 31.0 Å². The maximum Gasteiger partial charge on any atom is 0.425 e. The molecule has 190 valence electrons. The molecule has 2 atom stereocenters. The molecule has 0 saturated heterocycles. The minimum Gasteiger partial charge on any atom is -0.299 e. The Kier molecular flexibility index (Phi) is 10.1. The Morgan fingerprint density at radius 1 is 0.882 bits per heavy atom. The number of hydrogen-bond acceptors (Lipinski definition) is 2. The smallest absolute Gasteiger partial charge is 0.299 e. The van der Waals surface area contributed by atoms with Crippen LogP contribution in [0.5, 0.6) is 0 Å². The van der Waals surface area contributed by atoms with E-state index in [1.165, 1.54) is 6.92 Å². The van der Waals surface area contributed by atoms with Gasteiger partial charge in [0.2, 0.25) is 5.67 Å². The number of ketones is 1. The summed E-state index contributed by atoms with van der Waals surface area (Å²) in [6, 6.07) is 13.1. The van der Waals surface area contributed by atoms with E-state index in [1.807, 2.05) is 0 Å². The molecule has 2 rings (SSSR count). The molecule has 2 aromatic carbocycles. The molecule has 0 saturated carbocycles. The highest BCUT2D eigenvalue weighted by Crippen LogP contribution is 2.38. The summed E-state index contributed by atoms with van der Waals surface area (Å²) in [6.45, 7) is 7.98. The first-order valence-corrected chi connectivity index (χ1v) is 12.6. The van der Waals surface area contributed by atoms with E-state index < -0.39 is 34.5 Å². The number of carbonyl (C=O) groups is 1. The Balaban J connectivity index is 0.00000104. The van der Waals surface area contributed by atoms with Crippen LogP contribution in [0.25, 0.3) is 11.1 Å². The van der Waals surface area contributed by atoms with Crippen molar-refractivity contribution in [2.75, 3.05) is 12.4 Å². The second-order valence-corrected chi connectivity index (χ2v) is 12.4. The lowest BCUT2D eigenvalue weighted by Crippen LogP contribution is -2.43. The van der Waals surface area contributed by atoms with E-state index >= 15 is 0 Å². The van der Waals surface area contributed by atoms with E-state index in [4.69, 9.17) is 0 Å². The number of aryl methyl sites for hydroxylation is 1. The third-order valence-corrected chi connectivity index (χ3v) is 6.54. The first-order valence-electron chi connectivity index (χ1n) is 10.7. The quantitative estimate of drug-likeness (QED) is 0.280. The van der Waals surface area contributed by atoms with E-state index in [9.17, 15) is 31.0 Å². The van der Waals surface area contributed by atoms with Crippen LogP contribution in [0, 0.1) is 5.41 Å². The molecule has 0 radical (unpaired) electrons. The molecular formula is C26H33F5O2S. The molecule has 0 aliphatic carbocycles. The zero-order valence-corrected chi connectivity index (χ0v) is 21.1. The summed E-state index contributed by atoms with van der Waals surface area (Å²) >= 11 is 0. The van der Waals surface area contributed by atoms with Gasteiger partial charge in [-0.2, -0.15) is 13.2 Å². The highest BCUT2D eigenvalue weighted by Gasteiger charge is 2.55. The van der Waals surface area contributed by atoms with Crippen molar-refractivity contribution in [2.24, 2.45) is 5.41 Å². The van der Waals surface area contributed by atoms with Gasteiger partial charge in [0.05, 0.1) is 5.75 Å². The predicted octanol–water partition coefficient (Wildman–Crippen LogP) is 7.24. The minimum atomic E-state index is -5.25. The molecule has 0 bridgehead atoms. The molecule has 0 aliphatic heterocycles. The monoisotopic (exact) mass is 504 g/mol. The topological polar surface area (TPSA) is 34.1 Å². The van der Waals surface area contributed by atoms with Gasteiger partial charge in [0.15, 0.2) is 0 Å². The van der Waals surface area contributed by atoms with Gasteiger partial charge < -0.3 is 0 Å². The Hall–Kier alpha value is -2.22. The second kappa shape index (κ2) is 11.5. The van der Waals surface area contributed by atoms with E-state index in [2.05, 4.69) is 33.6 Å². The van der Waals surface area contributed by atoms with Crippen LogP contribution in [0.3, 0.4) is 0 Å². The number of carbonyl (C=O) groups excluding carboxylic acids is 1. The van der Waals surface area contributed by atoms with Crippen molar-refractivity contribution in [3.63, 3.8) is 0 Å². The zero-order chi connectivity index (χ0) is 26.4. The summed E-state index contributed by atoms with van der Waals surface area (Å²) in [5.41, 5.74) is -1.39. The van der Waals surface area contributed by atoms with Gasteiger partial charge in [-0.15, -0.1) is 0 Å². The Morgan fingerprint density at radius 2 is 1.29 bits per heavy atom. The van der Waals surface area contributed by atoms with E-state index in [0.717, 1.165) is 11.1 Å². The second-order valence-electron chi connectivity index (χ2n) is 9.98. The van der Waals surface area contributed by atoms with Crippen molar-refractivity contribution in [1.82, 2.24) is 0 Å². The molecule has 0 N–H and O–H groups in total. The molecule has 0 spiro atoms. The minimum absolute atomic E-state index is 0.145. The average Bonchev–Trinajstić information content (AvgIpc) is 2.69. The SMILES string of the molecule is C=S(=O)(CC(C)=O)c1ccc(-c2ccc(CCC(F)(CF)C(F)(F)F)cc2)cc1.CC(C)(C)C. The number of halogens is 5. The maximum atomic E-state index is 13.7. The first-order chi connectivity index (χ1) is 15.4. The van der Waals surface area contributed by atoms with Crippen LogP contribution in [-0.4, -0.2) is 40.1 Å². The fourth-order valence-electron chi connectivity index (χ4n) is 2.80. The van der Waals surface area contributed by atoms with Crippen LogP contribution < -0.4 is 0 Å². The van der Waals surface area contributed by atoms with Gasteiger partial charge in [0.25, 0.3) is 0 Å². The van der Waals surface area contributed by atoms with Gasteiger partial charge in [0.1, 0.15) is 12.5 Å². The number of hydrogen-bond donors (Lipinski definition) is 0. The Labute approximate surface area is 199 Å². The molecule has 2 aromatic rings. The van der Waals surface area contributed by atoms with Gasteiger partial charge >= 0.3 is 6.18 Å². The number of benzene rings is 2. The van der Waals surface area contributed by atoms with Crippen LogP contribution in [-0.2, 0) is 20.7 Å². The summed E-state index contributed by atoms with van der Waals surface area (Å²) in [5, 5.41) is 0. The van der Waals surface area contributed by atoms with Crippen molar-refractivity contribution in [2.45, 2.75) is 64.2 Å². The first kappa shape index (κ1) is 29.8. The number of alkyl halides is 5. The molecule has 34 heavy (non-hydrogen) atoms. The van der Waals surface area contributed by atoms with Gasteiger partial charge in [0, 0.05) is 14.4 Å². The number of Topliss-reactive ketones (excluding diaryl/α,β-unsaturated/α-hetero) is 1. The Bertz CT molecular complexity index is 1030. The number of rotatable bonds is 8. The van der Waals surface area contributed by atoms with Gasteiger partial charge in [-0.05, 0) is 59.9 Å². The Morgan fingerprint density at radius 3 is 1.65 bits per heavy atom. The van der Waals surface area contributed by atoms with Gasteiger partial charge in [-0.25, -0.2) is 8.78 Å². The van der Waals surface area contributed by atoms with E-state index in [-0.39, 0.29) is 18.0 Å². The van der Waals surface area contributed by atoms with Crippen molar-refractivity contribution in [1.29, 1.82) is 0 Å². The molecule has 2 unspecified atom stereocenters. The van der Waals surface area contributed by atoms with Crippen LogP contribution >= 0.6 is 0 Å². The largest absolute Gasteiger partial charge is 0.425 e. The summed E-state index contributed by atoms with van der Waals surface area (Å²) in [7, 11) is -2.71. The van der Waals surface area contributed by atoms with Crippen molar-refractivity contribution in [3.8, 4) is 11.1 Å². The summed E-state index contributed by atoms with van der Waals surface area (Å²) in [4.78, 5) is 11.7. The summed E-state index contributed by atoms with van der Waals surface area (Å²) in [5.74, 6) is 3.26. The van der Waals surface area contributed by atoms with Crippen molar-refractivity contribution >= 4 is 21.2 Å². The fraction of sp³-hybridized carbons (Fsp3) is 0.462. The van der Waals surface area contributed by atoms with Crippen molar-refractivity contribution in [3.05, 3.63) is 54.1 Å². The molecule has 0 fully saturated rings. The molecule has 8 heteroatoms. The lowest BCUT2D eigenvalue weighted by Gasteiger charge is -2.24. The van der Waals surface area contributed by atoms with Crippen LogP contribution in [0.2, 0.25) is 0 Å². The van der Waals surface area contributed by atoms with Crippen LogP contribution in [0.1, 0.15) is 46.6 Å². The third kappa shape index (κ3) is 9.57. The van der Waals surface area contributed by atoms with Gasteiger partial charge in [-0.3, -0.25) is 9.00 Å². The summed E-state index contributed by atoms with van der Waals surface area (Å²) < 4.78 is 76.6. The maximum absolute atomic E-state index is 13.7.